The van der Waals surface area contributed by atoms with Gasteiger partial charge in [0.05, 0.1) is 34.6 Å². The number of hydrogen-bond donors (Lipinski definition) is 0. The van der Waals surface area contributed by atoms with Gasteiger partial charge >= 0.3 is 0 Å². The van der Waals surface area contributed by atoms with E-state index in [1.807, 2.05) is 57.4 Å². The van der Waals surface area contributed by atoms with Crippen molar-refractivity contribution in [1.29, 1.82) is 0 Å². The third-order valence-electron chi connectivity index (χ3n) is 5.66. The van der Waals surface area contributed by atoms with Gasteiger partial charge in [-0.05, 0) is 30.0 Å². The second-order valence-corrected chi connectivity index (χ2v) is 8.61. The fraction of sp³-hybridized carbons (Fsp3) is 0.304. The molecule has 4 aromatic rings. The molecule has 0 radical (unpaired) electrons. The summed E-state index contributed by atoms with van der Waals surface area (Å²) in [6.45, 7) is 5.48. The SMILES string of the molecule is CCc1c(C(=O)N2CCN(Cc3nc(-c4cccs4)no3)CC2)cnn1-c1ccccc1. The summed E-state index contributed by atoms with van der Waals surface area (Å²) in [5.41, 5.74) is 2.59. The van der Waals surface area contributed by atoms with Crippen molar-refractivity contribution in [2.45, 2.75) is 19.9 Å². The molecule has 164 valence electrons. The monoisotopic (exact) mass is 448 g/mol. The van der Waals surface area contributed by atoms with Gasteiger partial charge in [0.1, 0.15) is 0 Å². The fourth-order valence-corrected chi connectivity index (χ4v) is 4.63. The normalized spacial score (nSPS) is 14.7. The van der Waals surface area contributed by atoms with Gasteiger partial charge in [0.15, 0.2) is 0 Å². The van der Waals surface area contributed by atoms with Crippen molar-refractivity contribution in [3.05, 3.63) is 71.2 Å². The minimum Gasteiger partial charge on any atom is -0.338 e. The zero-order chi connectivity index (χ0) is 21.9. The van der Waals surface area contributed by atoms with Crippen LogP contribution in [0, 0.1) is 0 Å². The van der Waals surface area contributed by atoms with Gasteiger partial charge in [-0.3, -0.25) is 9.69 Å². The van der Waals surface area contributed by atoms with Gasteiger partial charge in [0.25, 0.3) is 5.91 Å². The topological polar surface area (TPSA) is 80.3 Å². The van der Waals surface area contributed by atoms with Gasteiger partial charge in [0.2, 0.25) is 11.7 Å². The van der Waals surface area contributed by atoms with Gasteiger partial charge < -0.3 is 9.42 Å². The molecule has 1 fully saturated rings. The highest BCUT2D eigenvalue weighted by Gasteiger charge is 2.26. The van der Waals surface area contributed by atoms with Crippen molar-refractivity contribution in [1.82, 2.24) is 29.7 Å². The molecule has 0 unspecified atom stereocenters. The molecule has 0 spiro atoms. The van der Waals surface area contributed by atoms with Crippen LogP contribution >= 0.6 is 11.3 Å². The van der Waals surface area contributed by atoms with Crippen molar-refractivity contribution in [3.8, 4) is 16.4 Å². The number of aromatic nitrogens is 4. The van der Waals surface area contributed by atoms with Gasteiger partial charge in [-0.2, -0.15) is 10.1 Å². The molecule has 8 nitrogen and oxygen atoms in total. The van der Waals surface area contributed by atoms with Crippen LogP contribution in [0.15, 0.2) is 58.6 Å². The third kappa shape index (κ3) is 4.09. The predicted octanol–water partition coefficient (Wildman–Crippen LogP) is 3.50. The Kier molecular flexibility index (Phi) is 5.83. The number of para-hydroxylation sites is 1. The highest BCUT2D eigenvalue weighted by Crippen LogP contribution is 2.22. The van der Waals surface area contributed by atoms with Crippen molar-refractivity contribution in [3.63, 3.8) is 0 Å². The van der Waals surface area contributed by atoms with Crippen molar-refractivity contribution in [2.24, 2.45) is 0 Å². The van der Waals surface area contributed by atoms with Crippen molar-refractivity contribution in [2.75, 3.05) is 26.2 Å². The maximum absolute atomic E-state index is 13.2. The van der Waals surface area contributed by atoms with Crippen LogP contribution in [0.1, 0.15) is 28.9 Å². The number of nitrogens with zero attached hydrogens (tertiary/aromatic N) is 6. The Morgan fingerprint density at radius 3 is 2.62 bits per heavy atom. The Morgan fingerprint density at radius 1 is 1.09 bits per heavy atom. The van der Waals surface area contributed by atoms with Gasteiger partial charge in [-0.15, -0.1) is 11.3 Å². The molecule has 1 amide bonds. The lowest BCUT2D eigenvalue weighted by Gasteiger charge is -2.33. The Balaban J connectivity index is 1.22. The van der Waals surface area contributed by atoms with Crippen LogP contribution in [0.4, 0.5) is 0 Å². The number of rotatable bonds is 6. The Hall–Kier alpha value is -3.30. The van der Waals surface area contributed by atoms with Gasteiger partial charge in [-0.25, -0.2) is 4.68 Å². The summed E-state index contributed by atoms with van der Waals surface area (Å²) in [7, 11) is 0. The molecule has 1 aromatic carbocycles. The highest BCUT2D eigenvalue weighted by atomic mass is 32.1. The van der Waals surface area contributed by atoms with Gasteiger partial charge in [0, 0.05) is 26.2 Å². The van der Waals surface area contributed by atoms with E-state index in [4.69, 9.17) is 4.52 Å². The van der Waals surface area contributed by atoms with Crippen LogP contribution in [0.5, 0.6) is 0 Å². The molecule has 1 aliphatic rings. The van der Waals surface area contributed by atoms with Crippen LogP contribution < -0.4 is 0 Å². The molecule has 1 aliphatic heterocycles. The van der Waals surface area contributed by atoms with E-state index < -0.39 is 0 Å². The molecule has 0 atom stereocenters. The quantitative estimate of drug-likeness (QED) is 0.449. The first-order chi connectivity index (χ1) is 15.7. The lowest BCUT2D eigenvalue weighted by Crippen LogP contribution is -2.48. The maximum atomic E-state index is 13.2. The highest BCUT2D eigenvalue weighted by molar-refractivity contribution is 7.13. The first-order valence-corrected chi connectivity index (χ1v) is 11.6. The molecule has 0 aliphatic carbocycles. The zero-order valence-electron chi connectivity index (χ0n) is 17.8. The standard InChI is InChI=1S/C23H24N6O2S/c1-2-19-18(15-24-29(19)17-7-4-3-5-8-17)23(30)28-12-10-27(11-13-28)16-21-25-22(26-31-21)20-9-6-14-32-20/h3-9,14-15H,2,10-13,16H2,1H3. The van der Waals surface area contributed by atoms with E-state index in [1.165, 1.54) is 0 Å². The predicted molar refractivity (Wildman–Crippen MR) is 122 cm³/mol. The van der Waals surface area contributed by atoms with Crippen LogP contribution in [0.2, 0.25) is 0 Å². The summed E-state index contributed by atoms with van der Waals surface area (Å²) in [5.74, 6) is 1.28. The van der Waals surface area contributed by atoms with Crippen LogP contribution in [0.3, 0.4) is 0 Å². The molecule has 0 bridgehead atoms. The minimum atomic E-state index is 0.0430. The molecule has 1 saturated heterocycles. The van der Waals surface area contributed by atoms with Gasteiger partial charge in [-0.1, -0.05) is 36.3 Å². The lowest BCUT2D eigenvalue weighted by molar-refractivity contribution is 0.0614. The summed E-state index contributed by atoms with van der Waals surface area (Å²) >= 11 is 1.59. The molecule has 9 heteroatoms. The largest absolute Gasteiger partial charge is 0.338 e. The van der Waals surface area contributed by atoms with Crippen LogP contribution in [-0.2, 0) is 13.0 Å². The number of piperazine rings is 1. The average molecular weight is 449 g/mol. The number of hydrogen-bond acceptors (Lipinski definition) is 7. The molecule has 0 saturated carbocycles. The Labute approximate surface area is 190 Å². The number of thiophene rings is 1. The number of carbonyl (C=O) groups excluding carboxylic acids is 1. The average Bonchev–Trinajstić information content (AvgIpc) is 3.60. The summed E-state index contributed by atoms with van der Waals surface area (Å²) < 4.78 is 7.29. The second kappa shape index (κ2) is 9.05. The fourth-order valence-electron chi connectivity index (χ4n) is 3.98. The zero-order valence-corrected chi connectivity index (χ0v) is 18.7. The first kappa shape index (κ1) is 20.6. The van der Waals surface area contributed by atoms with E-state index in [1.54, 1.807) is 17.5 Å². The van der Waals surface area contributed by atoms with Crippen LogP contribution in [-0.4, -0.2) is 61.8 Å². The van der Waals surface area contributed by atoms with E-state index >= 15 is 0 Å². The molecular weight excluding hydrogens is 424 g/mol. The van der Waals surface area contributed by atoms with Crippen molar-refractivity contribution >= 4 is 17.2 Å². The van der Waals surface area contributed by atoms with E-state index in [2.05, 4.69) is 27.1 Å². The Bertz CT molecular complexity index is 1180. The molecule has 0 N–H and O–H groups in total. The van der Waals surface area contributed by atoms with E-state index in [0.29, 0.717) is 36.9 Å². The van der Waals surface area contributed by atoms with Crippen molar-refractivity contribution < 1.29 is 9.32 Å². The van der Waals surface area contributed by atoms with E-state index in [9.17, 15) is 4.79 Å². The summed E-state index contributed by atoms with van der Waals surface area (Å²) in [6, 6.07) is 13.9. The Morgan fingerprint density at radius 2 is 1.91 bits per heavy atom. The van der Waals surface area contributed by atoms with Crippen LogP contribution in [0.25, 0.3) is 16.4 Å². The van der Waals surface area contributed by atoms with E-state index in [-0.39, 0.29) is 5.91 Å². The number of amides is 1. The van der Waals surface area contributed by atoms with E-state index in [0.717, 1.165) is 35.8 Å². The third-order valence-corrected chi connectivity index (χ3v) is 6.53. The smallest absolute Gasteiger partial charge is 0.257 e. The summed E-state index contributed by atoms with van der Waals surface area (Å²) in [4.78, 5) is 22.9. The lowest BCUT2D eigenvalue weighted by atomic mass is 10.1. The second-order valence-electron chi connectivity index (χ2n) is 7.66. The maximum Gasteiger partial charge on any atom is 0.257 e. The molecule has 3 aromatic heterocycles. The molecular formula is C23H24N6O2S. The summed E-state index contributed by atoms with van der Waals surface area (Å²) in [6.07, 6.45) is 2.44. The molecule has 4 heterocycles. The minimum absolute atomic E-state index is 0.0430. The molecule has 32 heavy (non-hydrogen) atoms. The molecule has 5 rings (SSSR count). The number of benzene rings is 1. The number of carbonyl (C=O) groups is 1. The summed E-state index contributed by atoms with van der Waals surface area (Å²) in [5, 5.41) is 10.6. The first-order valence-electron chi connectivity index (χ1n) is 10.7.